The lowest BCUT2D eigenvalue weighted by molar-refractivity contribution is 0.415. The highest BCUT2D eigenvalue weighted by molar-refractivity contribution is 7.14. The Balaban J connectivity index is 1.88. The summed E-state index contributed by atoms with van der Waals surface area (Å²) < 4.78 is 5.14. The summed E-state index contributed by atoms with van der Waals surface area (Å²) in [6, 6.07) is 14.1. The molecule has 5 nitrogen and oxygen atoms in total. The molecule has 0 radical (unpaired) electrons. The van der Waals surface area contributed by atoms with Gasteiger partial charge in [-0.05, 0) is 30.3 Å². The van der Waals surface area contributed by atoms with Gasteiger partial charge in [-0.3, -0.25) is 0 Å². The van der Waals surface area contributed by atoms with E-state index < -0.39 is 6.04 Å². The number of para-hydroxylation sites is 1. The zero-order chi connectivity index (χ0) is 15.5. The summed E-state index contributed by atoms with van der Waals surface area (Å²) in [5, 5.41) is 19.7. The predicted octanol–water partition coefficient (Wildman–Crippen LogP) is 2.97. The smallest absolute Gasteiger partial charge is 0.147 e. The van der Waals surface area contributed by atoms with Crippen molar-refractivity contribution in [2.75, 3.05) is 7.11 Å². The molecule has 0 saturated carbocycles. The fraction of sp³-hybridized carbons (Fsp3) is 0.125. The summed E-state index contributed by atoms with van der Waals surface area (Å²) in [5.41, 5.74) is 7.77. The van der Waals surface area contributed by atoms with Gasteiger partial charge in [-0.15, -0.1) is 10.2 Å². The van der Waals surface area contributed by atoms with E-state index in [2.05, 4.69) is 10.2 Å². The molecule has 0 spiro atoms. The first-order valence-corrected chi connectivity index (χ1v) is 7.52. The van der Waals surface area contributed by atoms with E-state index in [-0.39, 0.29) is 5.75 Å². The average molecular weight is 313 g/mol. The molecular weight excluding hydrogens is 298 g/mol. The van der Waals surface area contributed by atoms with Crippen LogP contribution >= 0.6 is 11.3 Å². The van der Waals surface area contributed by atoms with Crippen LogP contribution in [0, 0.1) is 0 Å². The van der Waals surface area contributed by atoms with Crippen molar-refractivity contribution in [1.82, 2.24) is 10.2 Å². The van der Waals surface area contributed by atoms with Crippen molar-refractivity contribution < 1.29 is 9.84 Å². The minimum atomic E-state index is -0.495. The summed E-state index contributed by atoms with van der Waals surface area (Å²) >= 11 is 1.41. The van der Waals surface area contributed by atoms with Crippen molar-refractivity contribution in [2.24, 2.45) is 5.73 Å². The molecule has 2 aromatic carbocycles. The molecule has 0 amide bonds. The van der Waals surface area contributed by atoms with Gasteiger partial charge in [0.1, 0.15) is 21.5 Å². The van der Waals surface area contributed by atoms with Crippen molar-refractivity contribution in [1.29, 1.82) is 0 Å². The topological polar surface area (TPSA) is 81.3 Å². The molecule has 0 bridgehead atoms. The van der Waals surface area contributed by atoms with Gasteiger partial charge in [-0.1, -0.05) is 29.5 Å². The van der Waals surface area contributed by atoms with Crippen LogP contribution in [0.25, 0.3) is 10.6 Å². The van der Waals surface area contributed by atoms with E-state index >= 15 is 0 Å². The molecule has 0 aliphatic heterocycles. The fourth-order valence-electron chi connectivity index (χ4n) is 2.09. The minimum absolute atomic E-state index is 0.163. The molecule has 1 heterocycles. The third-order valence-corrected chi connectivity index (χ3v) is 4.37. The number of hydrogen-bond acceptors (Lipinski definition) is 6. The van der Waals surface area contributed by atoms with Crippen LogP contribution in [0.2, 0.25) is 0 Å². The van der Waals surface area contributed by atoms with Gasteiger partial charge >= 0.3 is 0 Å². The van der Waals surface area contributed by atoms with E-state index in [1.807, 2.05) is 30.3 Å². The molecule has 1 aromatic heterocycles. The number of nitrogens with zero attached hydrogens (tertiary/aromatic N) is 2. The Bertz CT molecular complexity index is 771. The summed E-state index contributed by atoms with van der Waals surface area (Å²) in [7, 11) is 1.63. The molecule has 6 heteroatoms. The highest BCUT2D eigenvalue weighted by atomic mass is 32.1. The van der Waals surface area contributed by atoms with Gasteiger partial charge in [-0.2, -0.15) is 0 Å². The Morgan fingerprint density at radius 2 is 1.82 bits per heavy atom. The Hall–Kier alpha value is -2.44. The number of ether oxygens (including phenoxy) is 1. The number of rotatable bonds is 4. The van der Waals surface area contributed by atoms with Gasteiger partial charge < -0.3 is 15.6 Å². The summed E-state index contributed by atoms with van der Waals surface area (Å²) in [6.45, 7) is 0. The van der Waals surface area contributed by atoms with Crippen LogP contribution in [0.1, 0.15) is 16.6 Å². The second kappa shape index (κ2) is 6.13. The highest BCUT2D eigenvalue weighted by Crippen LogP contribution is 2.32. The molecule has 1 atom stereocenters. The monoisotopic (exact) mass is 313 g/mol. The molecule has 0 aliphatic carbocycles. The number of hydrogen-bond donors (Lipinski definition) is 2. The number of benzene rings is 2. The molecule has 112 valence electrons. The number of phenolic OH excluding ortho intramolecular Hbond substituents is 1. The summed E-state index contributed by atoms with van der Waals surface area (Å²) in [4.78, 5) is 0. The molecule has 22 heavy (non-hydrogen) atoms. The van der Waals surface area contributed by atoms with Crippen molar-refractivity contribution in [3.63, 3.8) is 0 Å². The van der Waals surface area contributed by atoms with Gasteiger partial charge in [0.05, 0.1) is 13.2 Å². The number of aromatic hydroxyl groups is 1. The SMILES string of the molecule is COc1ccc(-c2nnc(C(N)c3ccccc3O)s2)cc1. The summed E-state index contributed by atoms with van der Waals surface area (Å²) in [5.74, 6) is 0.954. The van der Waals surface area contributed by atoms with E-state index in [1.54, 1.807) is 25.3 Å². The third-order valence-electron chi connectivity index (χ3n) is 3.32. The summed E-state index contributed by atoms with van der Waals surface area (Å²) in [6.07, 6.45) is 0. The lowest BCUT2D eigenvalue weighted by Crippen LogP contribution is -2.11. The molecule has 1 unspecified atom stereocenters. The van der Waals surface area contributed by atoms with Crippen molar-refractivity contribution in [2.45, 2.75) is 6.04 Å². The molecule has 0 saturated heterocycles. The van der Waals surface area contributed by atoms with Gasteiger partial charge in [0.15, 0.2) is 0 Å². The fourth-order valence-corrected chi connectivity index (χ4v) is 2.96. The Morgan fingerprint density at radius 1 is 1.09 bits per heavy atom. The van der Waals surface area contributed by atoms with Crippen LogP contribution in [0.3, 0.4) is 0 Å². The van der Waals surface area contributed by atoms with Crippen LogP contribution in [0.15, 0.2) is 48.5 Å². The van der Waals surface area contributed by atoms with Crippen LogP contribution < -0.4 is 10.5 Å². The van der Waals surface area contributed by atoms with Crippen LogP contribution in [-0.4, -0.2) is 22.4 Å². The number of methoxy groups -OCH3 is 1. The van der Waals surface area contributed by atoms with E-state index in [0.717, 1.165) is 16.3 Å². The van der Waals surface area contributed by atoms with Gasteiger partial charge in [0.25, 0.3) is 0 Å². The molecule has 0 aliphatic rings. The molecule has 3 N–H and O–H groups in total. The lowest BCUT2D eigenvalue weighted by Gasteiger charge is -2.09. The highest BCUT2D eigenvalue weighted by Gasteiger charge is 2.18. The second-order valence-electron chi connectivity index (χ2n) is 4.71. The average Bonchev–Trinajstić information content (AvgIpc) is 3.05. The Kier molecular flexibility index (Phi) is 4.04. The van der Waals surface area contributed by atoms with Crippen LogP contribution in [0.5, 0.6) is 11.5 Å². The van der Waals surface area contributed by atoms with Gasteiger partial charge in [0, 0.05) is 11.1 Å². The first-order chi connectivity index (χ1) is 10.7. The van der Waals surface area contributed by atoms with Crippen molar-refractivity contribution in [3.8, 4) is 22.1 Å². The molecule has 3 aromatic rings. The first-order valence-electron chi connectivity index (χ1n) is 6.70. The first kappa shape index (κ1) is 14.5. The number of phenols is 1. The lowest BCUT2D eigenvalue weighted by atomic mass is 10.1. The second-order valence-corrected chi connectivity index (χ2v) is 5.72. The Morgan fingerprint density at radius 3 is 2.50 bits per heavy atom. The van der Waals surface area contributed by atoms with E-state index in [4.69, 9.17) is 10.5 Å². The standard InChI is InChI=1S/C16H15N3O2S/c1-21-11-8-6-10(7-9-11)15-18-19-16(22-15)14(17)12-4-2-3-5-13(12)20/h2-9,14,20H,17H2,1H3. The van der Waals surface area contributed by atoms with E-state index in [0.29, 0.717) is 10.6 Å². The maximum atomic E-state index is 9.89. The maximum Gasteiger partial charge on any atom is 0.147 e. The van der Waals surface area contributed by atoms with E-state index in [9.17, 15) is 5.11 Å². The zero-order valence-electron chi connectivity index (χ0n) is 11.9. The Labute approximate surface area is 132 Å². The molecule has 3 rings (SSSR count). The number of aromatic nitrogens is 2. The minimum Gasteiger partial charge on any atom is -0.508 e. The zero-order valence-corrected chi connectivity index (χ0v) is 12.7. The van der Waals surface area contributed by atoms with Crippen molar-refractivity contribution in [3.05, 3.63) is 59.1 Å². The predicted molar refractivity (Wildman–Crippen MR) is 86.0 cm³/mol. The van der Waals surface area contributed by atoms with Crippen LogP contribution in [-0.2, 0) is 0 Å². The van der Waals surface area contributed by atoms with E-state index in [1.165, 1.54) is 11.3 Å². The largest absolute Gasteiger partial charge is 0.508 e. The maximum absolute atomic E-state index is 9.89. The molecule has 0 fully saturated rings. The number of nitrogens with two attached hydrogens (primary N) is 1. The van der Waals surface area contributed by atoms with Crippen molar-refractivity contribution >= 4 is 11.3 Å². The quantitative estimate of drug-likeness (QED) is 0.774. The van der Waals surface area contributed by atoms with Crippen LogP contribution in [0.4, 0.5) is 0 Å². The third kappa shape index (κ3) is 2.79. The van der Waals surface area contributed by atoms with Gasteiger partial charge in [0.2, 0.25) is 0 Å². The molecular formula is C16H15N3O2S. The van der Waals surface area contributed by atoms with Gasteiger partial charge in [-0.25, -0.2) is 0 Å². The normalized spacial score (nSPS) is 12.1.